The van der Waals surface area contributed by atoms with Crippen molar-refractivity contribution in [3.63, 3.8) is 0 Å². The van der Waals surface area contributed by atoms with Crippen LogP contribution in [-0.2, 0) is 0 Å². The SMILES string of the molecule is C1=CNN(c2ccc3nc[nH]c3c2)C1. The fourth-order valence-electron chi connectivity index (χ4n) is 1.62. The number of hydrazine groups is 1. The van der Waals surface area contributed by atoms with Gasteiger partial charge in [-0.3, -0.25) is 5.01 Å². The van der Waals surface area contributed by atoms with Gasteiger partial charge in [0, 0.05) is 6.20 Å². The van der Waals surface area contributed by atoms with Crippen LogP contribution in [0.15, 0.2) is 36.8 Å². The van der Waals surface area contributed by atoms with Gasteiger partial charge in [0.25, 0.3) is 0 Å². The van der Waals surface area contributed by atoms with Crippen LogP contribution in [0.4, 0.5) is 5.69 Å². The summed E-state index contributed by atoms with van der Waals surface area (Å²) in [4.78, 5) is 7.27. The summed E-state index contributed by atoms with van der Waals surface area (Å²) in [5.41, 5.74) is 6.36. The highest BCUT2D eigenvalue weighted by Gasteiger charge is 2.07. The average Bonchev–Trinajstić information content (AvgIpc) is 2.88. The summed E-state index contributed by atoms with van der Waals surface area (Å²) < 4.78 is 0. The zero-order valence-corrected chi connectivity index (χ0v) is 7.57. The Morgan fingerprint density at radius 1 is 1.36 bits per heavy atom. The van der Waals surface area contributed by atoms with Gasteiger partial charge in [0.2, 0.25) is 0 Å². The third-order valence-electron chi connectivity index (χ3n) is 2.35. The molecular weight excluding hydrogens is 176 g/mol. The molecule has 1 aliphatic rings. The molecule has 0 fully saturated rings. The number of nitrogens with zero attached hydrogens (tertiary/aromatic N) is 2. The first-order chi connectivity index (χ1) is 6.93. The zero-order valence-electron chi connectivity index (χ0n) is 7.57. The second kappa shape index (κ2) is 2.77. The predicted octanol–water partition coefficient (Wildman–Crippen LogP) is 1.40. The van der Waals surface area contributed by atoms with Gasteiger partial charge >= 0.3 is 0 Å². The van der Waals surface area contributed by atoms with Crippen molar-refractivity contribution in [2.45, 2.75) is 0 Å². The van der Waals surface area contributed by atoms with Gasteiger partial charge in [0.05, 0.1) is 29.6 Å². The third-order valence-corrected chi connectivity index (χ3v) is 2.35. The maximum Gasteiger partial charge on any atom is 0.0931 e. The number of hydrogen-bond acceptors (Lipinski definition) is 3. The topological polar surface area (TPSA) is 44.0 Å². The molecule has 0 saturated heterocycles. The quantitative estimate of drug-likeness (QED) is 0.707. The van der Waals surface area contributed by atoms with Crippen molar-refractivity contribution in [1.29, 1.82) is 0 Å². The van der Waals surface area contributed by atoms with E-state index in [9.17, 15) is 0 Å². The van der Waals surface area contributed by atoms with Crippen LogP contribution < -0.4 is 10.4 Å². The lowest BCUT2D eigenvalue weighted by atomic mass is 10.2. The van der Waals surface area contributed by atoms with Gasteiger partial charge in [-0.05, 0) is 24.3 Å². The molecule has 2 aromatic rings. The Labute approximate surface area is 81.2 Å². The lowest BCUT2D eigenvalue weighted by molar-refractivity contribution is 0.841. The van der Waals surface area contributed by atoms with Gasteiger partial charge < -0.3 is 10.4 Å². The Morgan fingerprint density at radius 2 is 2.36 bits per heavy atom. The second-order valence-corrected chi connectivity index (χ2v) is 3.25. The van der Waals surface area contributed by atoms with E-state index in [0.29, 0.717) is 0 Å². The molecule has 4 heteroatoms. The molecule has 70 valence electrons. The summed E-state index contributed by atoms with van der Waals surface area (Å²) in [5, 5.41) is 2.07. The molecule has 0 aliphatic carbocycles. The normalized spacial score (nSPS) is 15.0. The summed E-state index contributed by atoms with van der Waals surface area (Å²) in [6.45, 7) is 0.902. The molecule has 0 spiro atoms. The molecule has 14 heavy (non-hydrogen) atoms. The first-order valence-electron chi connectivity index (χ1n) is 4.55. The Bertz CT molecular complexity index is 478. The average molecular weight is 186 g/mol. The summed E-state index contributed by atoms with van der Waals surface area (Å²) in [6, 6.07) is 6.16. The maximum absolute atomic E-state index is 4.18. The number of hydrogen-bond donors (Lipinski definition) is 2. The van der Waals surface area contributed by atoms with E-state index < -0.39 is 0 Å². The van der Waals surface area contributed by atoms with Gasteiger partial charge in [0.15, 0.2) is 0 Å². The molecule has 4 nitrogen and oxygen atoms in total. The Hall–Kier alpha value is -1.97. The fraction of sp³-hybridized carbons (Fsp3) is 0.100. The Morgan fingerprint density at radius 3 is 3.21 bits per heavy atom. The Kier molecular flexibility index (Phi) is 1.47. The lowest BCUT2D eigenvalue weighted by Crippen LogP contribution is -2.29. The molecule has 0 amide bonds. The number of fused-ring (bicyclic) bond motifs is 1. The maximum atomic E-state index is 4.18. The lowest BCUT2D eigenvalue weighted by Gasteiger charge is -2.17. The zero-order chi connectivity index (χ0) is 9.38. The van der Waals surface area contributed by atoms with Crippen molar-refractivity contribution in [3.05, 3.63) is 36.8 Å². The van der Waals surface area contributed by atoms with Crippen molar-refractivity contribution in [2.24, 2.45) is 0 Å². The van der Waals surface area contributed by atoms with E-state index in [-0.39, 0.29) is 0 Å². The minimum Gasteiger partial charge on any atom is -0.345 e. The minimum atomic E-state index is 0.902. The summed E-state index contributed by atoms with van der Waals surface area (Å²) in [7, 11) is 0. The van der Waals surface area contributed by atoms with Gasteiger partial charge in [-0.15, -0.1) is 0 Å². The van der Waals surface area contributed by atoms with Crippen LogP contribution >= 0.6 is 0 Å². The Balaban J connectivity index is 2.04. The second-order valence-electron chi connectivity index (χ2n) is 3.25. The molecule has 0 atom stereocenters. The van der Waals surface area contributed by atoms with Crippen molar-refractivity contribution >= 4 is 16.7 Å². The molecule has 0 unspecified atom stereocenters. The van der Waals surface area contributed by atoms with E-state index in [4.69, 9.17) is 0 Å². The van der Waals surface area contributed by atoms with E-state index in [2.05, 4.69) is 38.6 Å². The highest BCUT2D eigenvalue weighted by molar-refractivity contribution is 5.79. The first-order valence-corrected chi connectivity index (χ1v) is 4.55. The van der Waals surface area contributed by atoms with Crippen molar-refractivity contribution in [2.75, 3.05) is 11.6 Å². The van der Waals surface area contributed by atoms with Crippen molar-refractivity contribution < 1.29 is 0 Å². The molecule has 2 heterocycles. The molecule has 0 bridgehead atoms. The smallest absolute Gasteiger partial charge is 0.0931 e. The number of rotatable bonds is 1. The predicted molar refractivity (Wildman–Crippen MR) is 55.7 cm³/mol. The molecule has 0 radical (unpaired) electrons. The van der Waals surface area contributed by atoms with Crippen LogP contribution in [0.1, 0.15) is 0 Å². The van der Waals surface area contributed by atoms with Crippen LogP contribution in [0.25, 0.3) is 11.0 Å². The van der Waals surface area contributed by atoms with Gasteiger partial charge in [0.1, 0.15) is 0 Å². The van der Waals surface area contributed by atoms with Gasteiger partial charge in [-0.25, -0.2) is 4.98 Å². The van der Waals surface area contributed by atoms with E-state index >= 15 is 0 Å². The summed E-state index contributed by atoms with van der Waals surface area (Å²) in [6.07, 6.45) is 5.73. The van der Waals surface area contributed by atoms with Crippen LogP contribution in [-0.4, -0.2) is 16.5 Å². The number of H-pyrrole nitrogens is 1. The highest BCUT2D eigenvalue weighted by Crippen LogP contribution is 2.19. The van der Waals surface area contributed by atoms with E-state index in [1.165, 1.54) is 0 Å². The highest BCUT2D eigenvalue weighted by atomic mass is 15.5. The standard InChI is InChI=1S/C10H10N4/c1-4-13-14(5-1)8-2-3-9-10(6-8)12-7-11-9/h1-4,6-7,13H,5H2,(H,11,12). The number of benzene rings is 1. The molecule has 1 aliphatic heterocycles. The number of imidazole rings is 1. The molecule has 0 saturated carbocycles. The summed E-state index contributed by atoms with van der Waals surface area (Å²) in [5.74, 6) is 0. The fourth-order valence-corrected chi connectivity index (χ4v) is 1.62. The molecule has 2 N–H and O–H groups in total. The summed E-state index contributed by atoms with van der Waals surface area (Å²) >= 11 is 0. The van der Waals surface area contributed by atoms with E-state index in [1.807, 2.05) is 12.3 Å². The van der Waals surface area contributed by atoms with E-state index in [0.717, 1.165) is 23.3 Å². The van der Waals surface area contributed by atoms with Gasteiger partial charge in [-0.2, -0.15) is 0 Å². The van der Waals surface area contributed by atoms with E-state index in [1.54, 1.807) is 6.33 Å². The van der Waals surface area contributed by atoms with Crippen LogP contribution in [0, 0.1) is 0 Å². The molecule has 3 rings (SSSR count). The first kappa shape index (κ1) is 7.44. The van der Waals surface area contributed by atoms with Crippen LogP contribution in [0.3, 0.4) is 0 Å². The largest absolute Gasteiger partial charge is 0.345 e. The van der Waals surface area contributed by atoms with Gasteiger partial charge in [-0.1, -0.05) is 0 Å². The van der Waals surface area contributed by atoms with Crippen LogP contribution in [0.2, 0.25) is 0 Å². The molecule has 1 aromatic carbocycles. The number of aromatic amines is 1. The number of nitrogens with one attached hydrogen (secondary N) is 2. The van der Waals surface area contributed by atoms with Crippen molar-refractivity contribution in [1.82, 2.24) is 15.4 Å². The third kappa shape index (κ3) is 1.04. The number of aromatic nitrogens is 2. The van der Waals surface area contributed by atoms with Crippen molar-refractivity contribution in [3.8, 4) is 0 Å². The molecule has 1 aromatic heterocycles. The monoisotopic (exact) mass is 186 g/mol. The molecular formula is C10H10N4. The van der Waals surface area contributed by atoms with Crippen LogP contribution in [0.5, 0.6) is 0 Å². The number of anilines is 1. The minimum absolute atomic E-state index is 0.902.